The minimum absolute atomic E-state index is 0.139. The lowest BCUT2D eigenvalue weighted by molar-refractivity contribution is -0.131. The number of anilines is 1. The Hall–Kier alpha value is -1.61. The van der Waals surface area contributed by atoms with Gasteiger partial charge in [-0.2, -0.15) is 9.64 Å². The van der Waals surface area contributed by atoms with Crippen molar-refractivity contribution in [3.63, 3.8) is 0 Å². The largest absolute Gasteiger partial charge is 0.350 e. The third kappa shape index (κ3) is 3.73. The lowest BCUT2D eigenvalue weighted by atomic mass is 9.92. The first-order valence-corrected chi connectivity index (χ1v) is 7.98. The Kier molecular flexibility index (Phi) is 4.52. The Bertz CT molecular complexity index is 567. The zero-order valence-electron chi connectivity index (χ0n) is 13.1. The lowest BCUT2D eigenvalue weighted by Gasteiger charge is -2.36. The second-order valence-electron chi connectivity index (χ2n) is 6.67. The first-order chi connectivity index (χ1) is 9.81. The van der Waals surface area contributed by atoms with Gasteiger partial charge in [-0.05, 0) is 30.3 Å². The molecule has 2 rings (SSSR count). The SMILES string of the molecule is Cc1nsc(N2CCN(CCC(C)(C)C)C(=O)C2)c1C#N. The van der Waals surface area contributed by atoms with Crippen LogP contribution in [0.2, 0.25) is 0 Å². The standard InChI is InChI=1S/C15H22N4OS/c1-11-12(9-16)14(21-17-11)19-8-7-18(13(20)10-19)6-5-15(2,3)4/h5-8,10H2,1-4H3. The van der Waals surface area contributed by atoms with Crippen molar-refractivity contribution in [1.29, 1.82) is 5.26 Å². The van der Waals surface area contributed by atoms with Gasteiger partial charge in [0.15, 0.2) is 0 Å². The second-order valence-corrected chi connectivity index (χ2v) is 7.42. The predicted molar refractivity (Wildman–Crippen MR) is 84.4 cm³/mol. The van der Waals surface area contributed by atoms with Crippen LogP contribution in [0.4, 0.5) is 5.00 Å². The van der Waals surface area contributed by atoms with Gasteiger partial charge in [0.2, 0.25) is 5.91 Å². The lowest BCUT2D eigenvalue weighted by Crippen LogP contribution is -2.51. The van der Waals surface area contributed by atoms with E-state index in [0.717, 1.165) is 36.8 Å². The summed E-state index contributed by atoms with van der Waals surface area (Å²) in [7, 11) is 0. The maximum Gasteiger partial charge on any atom is 0.242 e. The monoisotopic (exact) mass is 306 g/mol. The molecule has 1 aromatic heterocycles. The summed E-state index contributed by atoms with van der Waals surface area (Å²) in [4.78, 5) is 16.2. The number of hydrogen-bond acceptors (Lipinski definition) is 5. The number of piperazine rings is 1. The molecule has 2 heterocycles. The summed E-state index contributed by atoms with van der Waals surface area (Å²) >= 11 is 1.31. The fourth-order valence-electron chi connectivity index (χ4n) is 2.29. The molecule has 0 aromatic carbocycles. The van der Waals surface area contributed by atoms with E-state index < -0.39 is 0 Å². The van der Waals surface area contributed by atoms with Crippen LogP contribution in [0.5, 0.6) is 0 Å². The molecule has 0 radical (unpaired) electrons. The van der Waals surface area contributed by atoms with E-state index in [1.807, 2.05) is 16.7 Å². The molecule has 0 spiro atoms. The number of nitrogens with zero attached hydrogens (tertiary/aromatic N) is 4. The van der Waals surface area contributed by atoms with E-state index in [-0.39, 0.29) is 11.3 Å². The highest BCUT2D eigenvalue weighted by molar-refractivity contribution is 7.10. The van der Waals surface area contributed by atoms with Crippen molar-refractivity contribution >= 4 is 22.4 Å². The summed E-state index contributed by atoms with van der Waals surface area (Å²) in [6, 6.07) is 2.19. The van der Waals surface area contributed by atoms with Gasteiger partial charge in [-0.1, -0.05) is 20.8 Å². The van der Waals surface area contributed by atoms with Crippen LogP contribution in [-0.4, -0.2) is 41.4 Å². The van der Waals surface area contributed by atoms with Crippen molar-refractivity contribution in [3.8, 4) is 6.07 Å². The predicted octanol–water partition coefficient (Wildman–Crippen LogP) is 2.41. The molecule has 0 bridgehead atoms. The summed E-state index contributed by atoms with van der Waals surface area (Å²) in [5, 5.41) is 10.0. The molecule has 1 saturated heterocycles. The van der Waals surface area contributed by atoms with Crippen LogP contribution in [0, 0.1) is 23.7 Å². The minimum Gasteiger partial charge on any atom is -0.350 e. The van der Waals surface area contributed by atoms with Crippen LogP contribution in [-0.2, 0) is 4.79 Å². The molecule has 0 atom stereocenters. The van der Waals surface area contributed by atoms with Crippen molar-refractivity contribution in [2.24, 2.45) is 5.41 Å². The van der Waals surface area contributed by atoms with Gasteiger partial charge < -0.3 is 9.80 Å². The van der Waals surface area contributed by atoms with Crippen LogP contribution >= 0.6 is 11.5 Å². The third-order valence-corrected chi connectivity index (χ3v) is 4.69. The van der Waals surface area contributed by atoms with Crippen LogP contribution in [0.25, 0.3) is 0 Å². The van der Waals surface area contributed by atoms with E-state index in [1.54, 1.807) is 0 Å². The molecular formula is C15H22N4OS. The summed E-state index contributed by atoms with van der Waals surface area (Å²) in [6.07, 6.45) is 1.00. The molecule has 1 fully saturated rings. The van der Waals surface area contributed by atoms with Gasteiger partial charge in [-0.25, -0.2) is 0 Å². The Labute approximate surface area is 130 Å². The number of amides is 1. The number of nitriles is 1. The molecule has 114 valence electrons. The summed E-state index contributed by atoms with van der Waals surface area (Å²) in [5.74, 6) is 0.139. The highest BCUT2D eigenvalue weighted by Gasteiger charge is 2.28. The van der Waals surface area contributed by atoms with Crippen molar-refractivity contribution < 1.29 is 4.79 Å². The van der Waals surface area contributed by atoms with Crippen LogP contribution in [0.15, 0.2) is 0 Å². The highest BCUT2D eigenvalue weighted by atomic mass is 32.1. The van der Waals surface area contributed by atoms with Gasteiger partial charge in [0.05, 0.1) is 12.2 Å². The summed E-state index contributed by atoms with van der Waals surface area (Å²) in [6.45, 7) is 11.0. The van der Waals surface area contributed by atoms with Gasteiger partial charge in [0.1, 0.15) is 16.6 Å². The maximum absolute atomic E-state index is 12.3. The average molecular weight is 306 g/mol. The number of rotatable bonds is 3. The molecule has 0 aliphatic carbocycles. The van der Waals surface area contributed by atoms with Gasteiger partial charge in [0, 0.05) is 19.6 Å². The number of hydrogen-bond donors (Lipinski definition) is 0. The molecule has 1 aromatic rings. The van der Waals surface area contributed by atoms with E-state index in [9.17, 15) is 10.1 Å². The summed E-state index contributed by atoms with van der Waals surface area (Å²) < 4.78 is 4.23. The first-order valence-electron chi connectivity index (χ1n) is 7.21. The van der Waals surface area contributed by atoms with Crippen molar-refractivity contribution in [2.75, 3.05) is 31.1 Å². The third-order valence-electron chi connectivity index (χ3n) is 3.69. The molecule has 1 aliphatic heterocycles. The number of aromatic nitrogens is 1. The molecule has 21 heavy (non-hydrogen) atoms. The Morgan fingerprint density at radius 2 is 2.10 bits per heavy atom. The summed E-state index contributed by atoms with van der Waals surface area (Å²) in [5.41, 5.74) is 1.59. The van der Waals surface area contributed by atoms with Crippen molar-refractivity contribution in [3.05, 3.63) is 11.3 Å². The van der Waals surface area contributed by atoms with E-state index in [0.29, 0.717) is 12.1 Å². The molecule has 0 saturated carbocycles. The Balaban J connectivity index is 2.01. The molecule has 0 N–H and O–H groups in total. The van der Waals surface area contributed by atoms with Crippen LogP contribution < -0.4 is 4.90 Å². The highest BCUT2D eigenvalue weighted by Crippen LogP contribution is 2.29. The topological polar surface area (TPSA) is 60.2 Å². The van der Waals surface area contributed by atoms with Gasteiger partial charge in [0.25, 0.3) is 0 Å². The molecule has 1 aliphatic rings. The minimum atomic E-state index is 0.139. The second kappa shape index (κ2) is 6.02. The van der Waals surface area contributed by atoms with E-state index in [4.69, 9.17) is 0 Å². The fraction of sp³-hybridized carbons (Fsp3) is 0.667. The van der Waals surface area contributed by atoms with Gasteiger partial charge in [-0.3, -0.25) is 4.79 Å². The van der Waals surface area contributed by atoms with Crippen molar-refractivity contribution in [2.45, 2.75) is 34.1 Å². The number of carbonyl (C=O) groups is 1. The number of carbonyl (C=O) groups excluding carboxylic acids is 1. The Morgan fingerprint density at radius 1 is 1.38 bits per heavy atom. The van der Waals surface area contributed by atoms with Gasteiger partial charge >= 0.3 is 0 Å². The normalized spacial score (nSPS) is 16.2. The molecule has 1 amide bonds. The average Bonchev–Trinajstić information content (AvgIpc) is 2.77. The fourth-order valence-corrected chi connectivity index (χ4v) is 3.16. The Morgan fingerprint density at radius 3 is 2.67 bits per heavy atom. The van der Waals surface area contributed by atoms with E-state index in [1.165, 1.54) is 11.5 Å². The van der Waals surface area contributed by atoms with Crippen LogP contribution in [0.1, 0.15) is 38.4 Å². The number of aryl methyl sites for hydroxylation is 1. The first kappa shape index (κ1) is 15.8. The smallest absolute Gasteiger partial charge is 0.242 e. The van der Waals surface area contributed by atoms with Crippen LogP contribution in [0.3, 0.4) is 0 Å². The quantitative estimate of drug-likeness (QED) is 0.860. The van der Waals surface area contributed by atoms with E-state index >= 15 is 0 Å². The molecular weight excluding hydrogens is 284 g/mol. The van der Waals surface area contributed by atoms with E-state index in [2.05, 4.69) is 31.2 Å². The zero-order chi connectivity index (χ0) is 15.6. The maximum atomic E-state index is 12.3. The van der Waals surface area contributed by atoms with Crippen molar-refractivity contribution in [1.82, 2.24) is 9.27 Å². The molecule has 6 heteroatoms. The molecule has 5 nitrogen and oxygen atoms in total. The van der Waals surface area contributed by atoms with Gasteiger partial charge in [-0.15, -0.1) is 0 Å². The molecule has 0 unspecified atom stereocenters. The zero-order valence-corrected chi connectivity index (χ0v) is 14.0.